The number of thiocarbonyl (C=S) groups is 1. The molecule has 7 nitrogen and oxygen atoms in total. The van der Waals surface area contributed by atoms with Crippen molar-refractivity contribution in [1.82, 2.24) is 19.8 Å². The maximum atomic E-state index is 14.0. The highest BCUT2D eigenvalue weighted by Crippen LogP contribution is 2.39. The minimum atomic E-state index is -0.459. The molecule has 1 aromatic carbocycles. The predicted molar refractivity (Wildman–Crippen MR) is 135 cm³/mol. The van der Waals surface area contributed by atoms with Crippen molar-refractivity contribution in [3.63, 3.8) is 0 Å². The van der Waals surface area contributed by atoms with Gasteiger partial charge in [-0.1, -0.05) is 18.2 Å². The number of nitrogens with one attached hydrogen (secondary N) is 2. The van der Waals surface area contributed by atoms with Crippen molar-refractivity contribution in [2.45, 2.75) is 44.0 Å². The number of benzene rings is 1. The average Bonchev–Trinajstić information content (AvgIpc) is 3.61. The van der Waals surface area contributed by atoms with Gasteiger partial charge in [-0.25, -0.2) is 4.39 Å². The van der Waals surface area contributed by atoms with E-state index in [0.29, 0.717) is 11.7 Å². The SMILES string of the molecule is O=C(CCN1C(=S)N[C@H](c2ccccn2)[C@@H]1c1cccn1C[C@H]1CCCO1)Nc1ccccc1F. The van der Waals surface area contributed by atoms with Gasteiger partial charge >= 0.3 is 0 Å². The first-order valence-electron chi connectivity index (χ1n) is 11.9. The second-order valence-corrected chi connectivity index (χ2v) is 9.21. The van der Waals surface area contributed by atoms with E-state index < -0.39 is 5.82 Å². The summed E-state index contributed by atoms with van der Waals surface area (Å²) in [5.41, 5.74) is 2.13. The third kappa shape index (κ3) is 5.21. The molecule has 0 bridgehead atoms. The van der Waals surface area contributed by atoms with Crippen LogP contribution in [0.5, 0.6) is 0 Å². The van der Waals surface area contributed by atoms with Gasteiger partial charge in [0.15, 0.2) is 5.11 Å². The maximum absolute atomic E-state index is 14.0. The lowest BCUT2D eigenvalue weighted by Crippen LogP contribution is -2.33. The zero-order valence-corrected chi connectivity index (χ0v) is 20.1. The Morgan fingerprint density at radius 2 is 2.06 bits per heavy atom. The average molecular weight is 494 g/mol. The predicted octanol–water partition coefficient (Wildman–Crippen LogP) is 4.20. The molecule has 5 rings (SSSR count). The van der Waals surface area contributed by atoms with E-state index in [1.807, 2.05) is 29.2 Å². The fraction of sp³-hybridized carbons (Fsp3) is 0.346. The smallest absolute Gasteiger partial charge is 0.226 e. The molecular formula is C26H28FN5O2S. The molecule has 0 aliphatic carbocycles. The molecule has 2 saturated heterocycles. The first-order chi connectivity index (χ1) is 17.1. The summed E-state index contributed by atoms with van der Waals surface area (Å²) in [6.45, 7) is 1.95. The van der Waals surface area contributed by atoms with E-state index in [2.05, 4.69) is 32.4 Å². The van der Waals surface area contributed by atoms with Gasteiger partial charge in [0.05, 0.1) is 29.6 Å². The van der Waals surface area contributed by atoms with Crippen molar-refractivity contribution in [3.8, 4) is 0 Å². The number of halogens is 1. The third-order valence-corrected chi connectivity index (χ3v) is 6.87. The molecule has 2 aromatic heterocycles. The summed E-state index contributed by atoms with van der Waals surface area (Å²) in [4.78, 5) is 19.3. The molecule has 2 N–H and O–H groups in total. The van der Waals surface area contributed by atoms with E-state index >= 15 is 0 Å². The molecule has 182 valence electrons. The summed E-state index contributed by atoms with van der Waals surface area (Å²) >= 11 is 5.72. The van der Waals surface area contributed by atoms with Gasteiger partial charge in [-0.15, -0.1) is 0 Å². The largest absolute Gasteiger partial charge is 0.376 e. The molecule has 0 saturated carbocycles. The van der Waals surface area contributed by atoms with Gasteiger partial charge in [0.2, 0.25) is 5.91 Å². The number of aromatic nitrogens is 2. The first-order valence-corrected chi connectivity index (χ1v) is 12.3. The molecule has 0 unspecified atom stereocenters. The highest BCUT2D eigenvalue weighted by molar-refractivity contribution is 7.80. The van der Waals surface area contributed by atoms with Gasteiger partial charge < -0.3 is 24.8 Å². The molecule has 1 amide bonds. The Kier molecular flexibility index (Phi) is 7.06. The van der Waals surface area contributed by atoms with E-state index in [-0.39, 0.29) is 36.2 Å². The second kappa shape index (κ2) is 10.5. The molecule has 0 spiro atoms. The Hall–Kier alpha value is -3.30. The van der Waals surface area contributed by atoms with Crippen LogP contribution in [-0.4, -0.2) is 44.7 Å². The number of carbonyl (C=O) groups excluding carboxylic acids is 1. The van der Waals surface area contributed by atoms with E-state index in [9.17, 15) is 9.18 Å². The monoisotopic (exact) mass is 493 g/mol. The maximum Gasteiger partial charge on any atom is 0.226 e. The van der Waals surface area contributed by atoms with Crippen LogP contribution in [0.3, 0.4) is 0 Å². The minimum Gasteiger partial charge on any atom is -0.376 e. The Morgan fingerprint density at radius 3 is 2.83 bits per heavy atom. The molecule has 0 radical (unpaired) electrons. The fourth-order valence-electron chi connectivity index (χ4n) is 4.83. The number of nitrogens with zero attached hydrogens (tertiary/aromatic N) is 3. The fourth-order valence-corrected chi connectivity index (χ4v) is 5.17. The molecule has 35 heavy (non-hydrogen) atoms. The van der Waals surface area contributed by atoms with Crippen LogP contribution in [-0.2, 0) is 16.1 Å². The van der Waals surface area contributed by atoms with Crippen molar-refractivity contribution in [2.24, 2.45) is 0 Å². The Balaban J connectivity index is 1.38. The van der Waals surface area contributed by atoms with E-state index in [4.69, 9.17) is 17.0 Å². The van der Waals surface area contributed by atoms with Crippen LogP contribution in [0.2, 0.25) is 0 Å². The number of hydrogen-bond acceptors (Lipinski definition) is 4. The summed E-state index contributed by atoms with van der Waals surface area (Å²) in [5, 5.41) is 6.65. The van der Waals surface area contributed by atoms with Crippen molar-refractivity contribution in [2.75, 3.05) is 18.5 Å². The van der Waals surface area contributed by atoms with Crippen molar-refractivity contribution >= 4 is 28.9 Å². The summed E-state index contributed by atoms with van der Waals surface area (Å²) in [7, 11) is 0. The molecule has 3 aromatic rings. The zero-order chi connectivity index (χ0) is 24.2. The minimum absolute atomic E-state index is 0.157. The third-order valence-electron chi connectivity index (χ3n) is 6.52. The van der Waals surface area contributed by atoms with Crippen LogP contribution in [0, 0.1) is 5.82 Å². The topological polar surface area (TPSA) is 71.4 Å². The van der Waals surface area contributed by atoms with Crippen LogP contribution in [0.4, 0.5) is 10.1 Å². The van der Waals surface area contributed by atoms with Gasteiger partial charge in [-0.2, -0.15) is 0 Å². The van der Waals surface area contributed by atoms with Crippen molar-refractivity contribution in [3.05, 3.63) is 84.2 Å². The first kappa shape index (κ1) is 23.4. The van der Waals surface area contributed by atoms with Gasteiger partial charge in [0, 0.05) is 44.2 Å². The number of ether oxygens (including phenoxy) is 1. The summed E-state index contributed by atoms with van der Waals surface area (Å²) in [6.07, 6.45) is 6.31. The Bertz CT molecular complexity index is 1180. The number of rotatable bonds is 8. The lowest BCUT2D eigenvalue weighted by Gasteiger charge is -2.29. The standard InChI is InChI=1S/C26H28FN5O2S/c27-19-8-1-2-9-20(19)29-23(33)12-15-32-25(24(30-26(32)35)21-10-3-4-13-28-21)22-11-5-14-31(22)17-18-7-6-16-34-18/h1-5,8-11,13-14,18,24-25H,6-7,12,15-17H2,(H,29,33)(H,30,35)/t18-,24-,25+/m1/s1. The quantitative estimate of drug-likeness (QED) is 0.459. The van der Waals surface area contributed by atoms with Crippen LogP contribution in [0.25, 0.3) is 0 Å². The summed E-state index contributed by atoms with van der Waals surface area (Å²) < 4.78 is 22.1. The van der Waals surface area contributed by atoms with E-state index in [1.54, 1.807) is 24.4 Å². The highest BCUT2D eigenvalue weighted by atomic mass is 32.1. The molecule has 9 heteroatoms. The van der Waals surface area contributed by atoms with E-state index in [1.165, 1.54) is 6.07 Å². The normalized spacial score (nSPS) is 21.8. The van der Waals surface area contributed by atoms with Crippen LogP contribution < -0.4 is 10.6 Å². The second-order valence-electron chi connectivity index (χ2n) is 8.82. The van der Waals surface area contributed by atoms with Gasteiger partial charge in [-0.3, -0.25) is 9.78 Å². The molecular weight excluding hydrogens is 465 g/mol. The molecule has 4 heterocycles. The highest BCUT2D eigenvalue weighted by Gasteiger charge is 2.41. The Morgan fingerprint density at radius 1 is 1.20 bits per heavy atom. The molecule has 3 atom stereocenters. The number of pyridine rings is 1. The van der Waals surface area contributed by atoms with Gasteiger partial charge in [0.1, 0.15) is 5.82 Å². The van der Waals surface area contributed by atoms with Crippen LogP contribution in [0.1, 0.15) is 42.7 Å². The summed E-state index contributed by atoms with van der Waals surface area (Å²) in [5.74, 6) is -0.730. The van der Waals surface area contributed by atoms with Crippen LogP contribution >= 0.6 is 12.2 Å². The van der Waals surface area contributed by atoms with Crippen molar-refractivity contribution in [1.29, 1.82) is 0 Å². The number of para-hydroxylation sites is 1. The zero-order valence-electron chi connectivity index (χ0n) is 19.3. The van der Waals surface area contributed by atoms with Gasteiger partial charge in [0.25, 0.3) is 0 Å². The van der Waals surface area contributed by atoms with Crippen molar-refractivity contribution < 1.29 is 13.9 Å². The lowest BCUT2D eigenvalue weighted by molar-refractivity contribution is -0.116. The summed E-state index contributed by atoms with van der Waals surface area (Å²) in [6, 6.07) is 15.8. The molecule has 2 aliphatic rings. The lowest BCUT2D eigenvalue weighted by atomic mass is 10.0. The van der Waals surface area contributed by atoms with Crippen LogP contribution in [0.15, 0.2) is 67.0 Å². The number of amides is 1. The number of hydrogen-bond donors (Lipinski definition) is 2. The van der Waals surface area contributed by atoms with E-state index in [0.717, 1.165) is 37.4 Å². The number of anilines is 1. The molecule has 2 aliphatic heterocycles. The number of carbonyl (C=O) groups is 1. The van der Waals surface area contributed by atoms with Gasteiger partial charge in [-0.05, 0) is 61.5 Å². The molecule has 2 fully saturated rings. The Labute approximate surface area is 209 Å².